The number of nitrogens with one attached hydrogen (secondary N) is 1. The van der Waals surface area contributed by atoms with Gasteiger partial charge in [-0.3, -0.25) is 9.48 Å². The van der Waals surface area contributed by atoms with Gasteiger partial charge in [0.05, 0.1) is 5.69 Å². The lowest BCUT2D eigenvalue weighted by molar-refractivity contribution is -0.118. The molecule has 0 bridgehead atoms. The molecule has 0 fully saturated rings. The van der Waals surface area contributed by atoms with Crippen LogP contribution in [0.25, 0.3) is 0 Å². The van der Waals surface area contributed by atoms with Gasteiger partial charge in [-0.25, -0.2) is 4.68 Å². The number of fused-ring (bicyclic) bond motifs is 1. The van der Waals surface area contributed by atoms with Crippen LogP contribution in [-0.4, -0.2) is 30.3 Å². The molecule has 22 heavy (non-hydrogen) atoms. The smallest absolute Gasteiger partial charge is 0.226 e. The van der Waals surface area contributed by atoms with Crippen LogP contribution >= 0.6 is 0 Å². The standard InChI is InChI=1S/C15H18N6O/c1-15(2)6-9-12(11(22)7-15)13(10-4-5-17-20(10)3)21-14(19-9)16-8-18-21/h4-5,8,13H,6-7H2,1-3H3,(H,16,18,19)/t13-/m0/s1. The normalized spacial score (nSPS) is 23.0. The summed E-state index contributed by atoms with van der Waals surface area (Å²) in [7, 11) is 1.88. The molecule has 0 saturated carbocycles. The van der Waals surface area contributed by atoms with Gasteiger partial charge >= 0.3 is 0 Å². The van der Waals surface area contributed by atoms with Crippen LogP contribution in [0.4, 0.5) is 5.95 Å². The second-order valence-corrected chi connectivity index (χ2v) is 6.77. The number of carbonyl (C=O) groups excluding carboxylic acids is 1. The zero-order valence-electron chi connectivity index (χ0n) is 12.9. The predicted molar refractivity (Wildman–Crippen MR) is 80.0 cm³/mol. The molecule has 0 radical (unpaired) electrons. The number of rotatable bonds is 1. The molecule has 1 aliphatic heterocycles. The Morgan fingerprint density at radius 1 is 1.32 bits per heavy atom. The Morgan fingerprint density at radius 3 is 2.86 bits per heavy atom. The van der Waals surface area contributed by atoms with Crippen molar-refractivity contribution in [3.63, 3.8) is 0 Å². The highest BCUT2D eigenvalue weighted by molar-refractivity contribution is 5.99. The minimum absolute atomic E-state index is 0.0396. The van der Waals surface area contributed by atoms with Crippen LogP contribution in [0.5, 0.6) is 0 Å². The largest absolute Gasteiger partial charge is 0.328 e. The molecule has 3 heterocycles. The summed E-state index contributed by atoms with van der Waals surface area (Å²) in [6, 6.07) is 1.67. The van der Waals surface area contributed by atoms with Crippen LogP contribution in [0.2, 0.25) is 0 Å². The second-order valence-electron chi connectivity index (χ2n) is 6.77. The first-order valence-electron chi connectivity index (χ1n) is 7.37. The van der Waals surface area contributed by atoms with Crippen molar-refractivity contribution >= 4 is 11.7 Å². The average Bonchev–Trinajstić information content (AvgIpc) is 3.03. The Bertz CT molecular complexity index is 797. The quantitative estimate of drug-likeness (QED) is 0.866. The van der Waals surface area contributed by atoms with E-state index in [1.54, 1.807) is 15.6 Å². The Balaban J connectivity index is 1.93. The Kier molecular flexibility index (Phi) is 2.58. The Morgan fingerprint density at radius 2 is 2.14 bits per heavy atom. The molecule has 114 valence electrons. The van der Waals surface area contributed by atoms with Crippen LogP contribution in [0.15, 0.2) is 29.9 Å². The van der Waals surface area contributed by atoms with E-state index in [-0.39, 0.29) is 17.2 Å². The van der Waals surface area contributed by atoms with E-state index < -0.39 is 0 Å². The topological polar surface area (TPSA) is 77.6 Å². The summed E-state index contributed by atoms with van der Waals surface area (Å²) in [5.74, 6) is 0.849. The molecular weight excluding hydrogens is 280 g/mol. The van der Waals surface area contributed by atoms with E-state index >= 15 is 0 Å². The third kappa shape index (κ3) is 1.81. The molecule has 2 aromatic heterocycles. The van der Waals surface area contributed by atoms with E-state index in [9.17, 15) is 4.79 Å². The lowest BCUT2D eigenvalue weighted by atomic mass is 9.73. The van der Waals surface area contributed by atoms with Gasteiger partial charge in [-0.15, -0.1) is 0 Å². The maximum Gasteiger partial charge on any atom is 0.226 e. The number of nitrogens with zero attached hydrogens (tertiary/aromatic N) is 5. The van der Waals surface area contributed by atoms with Crippen LogP contribution in [-0.2, 0) is 11.8 Å². The van der Waals surface area contributed by atoms with E-state index in [1.165, 1.54) is 6.33 Å². The highest BCUT2D eigenvalue weighted by atomic mass is 16.1. The molecule has 7 nitrogen and oxygen atoms in total. The first-order valence-corrected chi connectivity index (χ1v) is 7.37. The number of ketones is 1. The summed E-state index contributed by atoms with van der Waals surface area (Å²) in [6.07, 6.45) is 4.63. The van der Waals surface area contributed by atoms with Crippen molar-refractivity contribution in [3.05, 3.63) is 35.6 Å². The number of hydrogen-bond donors (Lipinski definition) is 1. The predicted octanol–water partition coefficient (Wildman–Crippen LogP) is 1.67. The lowest BCUT2D eigenvalue weighted by Gasteiger charge is -2.38. The molecule has 0 spiro atoms. The number of allylic oxidation sites excluding steroid dienone is 2. The Hall–Kier alpha value is -2.44. The van der Waals surface area contributed by atoms with Gasteiger partial charge < -0.3 is 5.32 Å². The number of Topliss-reactive ketones (excluding diaryl/α,β-unsaturated/α-hetero) is 1. The number of aryl methyl sites for hydroxylation is 1. The summed E-state index contributed by atoms with van der Waals surface area (Å²) >= 11 is 0. The zero-order valence-corrected chi connectivity index (χ0v) is 12.9. The fourth-order valence-corrected chi connectivity index (χ4v) is 3.47. The first-order chi connectivity index (χ1) is 10.5. The number of carbonyl (C=O) groups is 1. The maximum absolute atomic E-state index is 12.8. The van der Waals surface area contributed by atoms with Crippen molar-refractivity contribution in [2.24, 2.45) is 12.5 Å². The van der Waals surface area contributed by atoms with Crippen molar-refractivity contribution in [2.45, 2.75) is 32.7 Å². The summed E-state index contributed by atoms with van der Waals surface area (Å²) in [6.45, 7) is 4.24. The van der Waals surface area contributed by atoms with Crippen LogP contribution in [0.1, 0.15) is 38.4 Å². The third-order valence-corrected chi connectivity index (χ3v) is 4.41. The summed E-state index contributed by atoms with van der Waals surface area (Å²) in [5, 5.41) is 11.8. The van der Waals surface area contributed by atoms with Crippen molar-refractivity contribution in [2.75, 3.05) is 5.32 Å². The molecule has 2 aliphatic rings. The van der Waals surface area contributed by atoms with Crippen molar-refractivity contribution in [3.8, 4) is 0 Å². The van der Waals surface area contributed by atoms with Gasteiger partial charge in [0.2, 0.25) is 5.95 Å². The fraction of sp³-hybridized carbons (Fsp3) is 0.467. The monoisotopic (exact) mass is 298 g/mol. The zero-order chi connectivity index (χ0) is 15.5. The van der Waals surface area contributed by atoms with Gasteiger partial charge in [-0.2, -0.15) is 15.2 Å². The van der Waals surface area contributed by atoms with Crippen LogP contribution in [0, 0.1) is 5.41 Å². The second kappa shape index (κ2) is 4.28. The minimum atomic E-state index is -0.259. The molecule has 0 saturated heterocycles. The summed E-state index contributed by atoms with van der Waals surface area (Å²) in [5.41, 5.74) is 2.66. The third-order valence-electron chi connectivity index (χ3n) is 4.41. The molecule has 1 aliphatic carbocycles. The number of hydrogen-bond acceptors (Lipinski definition) is 5. The van der Waals surface area contributed by atoms with Gasteiger partial charge in [0.1, 0.15) is 12.4 Å². The highest BCUT2D eigenvalue weighted by Crippen LogP contribution is 2.44. The number of aromatic nitrogens is 5. The van der Waals surface area contributed by atoms with Crippen molar-refractivity contribution in [1.82, 2.24) is 24.5 Å². The molecule has 4 rings (SSSR count). The summed E-state index contributed by atoms with van der Waals surface area (Å²) < 4.78 is 3.56. The molecule has 0 amide bonds. The molecular formula is C15H18N6O. The van der Waals surface area contributed by atoms with Crippen molar-refractivity contribution < 1.29 is 4.79 Å². The molecule has 0 aromatic carbocycles. The molecule has 0 unspecified atom stereocenters. The molecule has 2 aromatic rings. The minimum Gasteiger partial charge on any atom is -0.328 e. The van der Waals surface area contributed by atoms with E-state index in [2.05, 4.69) is 34.3 Å². The van der Waals surface area contributed by atoms with E-state index in [0.29, 0.717) is 12.4 Å². The number of anilines is 1. The van der Waals surface area contributed by atoms with Gasteiger partial charge in [0, 0.05) is 30.9 Å². The van der Waals surface area contributed by atoms with E-state index in [1.807, 2.05) is 13.1 Å². The van der Waals surface area contributed by atoms with Gasteiger partial charge in [0.25, 0.3) is 0 Å². The fourth-order valence-electron chi connectivity index (χ4n) is 3.47. The van der Waals surface area contributed by atoms with Crippen LogP contribution < -0.4 is 5.32 Å². The van der Waals surface area contributed by atoms with Gasteiger partial charge in [0.15, 0.2) is 5.78 Å². The average molecular weight is 298 g/mol. The maximum atomic E-state index is 12.8. The SMILES string of the molecule is Cn1nccc1[C@H]1C2=C(CC(C)(C)CC2=O)Nc2ncnn21. The highest BCUT2D eigenvalue weighted by Gasteiger charge is 2.42. The lowest BCUT2D eigenvalue weighted by Crippen LogP contribution is -2.37. The molecule has 1 atom stereocenters. The van der Waals surface area contributed by atoms with E-state index in [4.69, 9.17) is 0 Å². The molecule has 1 N–H and O–H groups in total. The Labute approximate surface area is 128 Å². The molecule has 7 heteroatoms. The van der Waals surface area contributed by atoms with Gasteiger partial charge in [-0.1, -0.05) is 13.8 Å². The van der Waals surface area contributed by atoms with Gasteiger partial charge in [-0.05, 0) is 17.9 Å². The summed E-state index contributed by atoms with van der Waals surface area (Å²) in [4.78, 5) is 17.1. The van der Waals surface area contributed by atoms with E-state index in [0.717, 1.165) is 23.4 Å². The van der Waals surface area contributed by atoms with Crippen molar-refractivity contribution in [1.29, 1.82) is 0 Å². The first kappa shape index (κ1) is 13.2. The van der Waals surface area contributed by atoms with Crippen LogP contribution in [0.3, 0.4) is 0 Å².